The van der Waals surface area contributed by atoms with Crippen LogP contribution in [0.2, 0.25) is 0 Å². The number of rotatable bonds is 5. The van der Waals surface area contributed by atoms with Crippen molar-refractivity contribution < 1.29 is 9.59 Å². The van der Waals surface area contributed by atoms with Crippen LogP contribution < -0.4 is 11.1 Å². The highest BCUT2D eigenvalue weighted by molar-refractivity contribution is 5.79. The molecular weight excluding hydrogens is 218 g/mol. The quantitative estimate of drug-likeness (QED) is 0.716. The fourth-order valence-electron chi connectivity index (χ4n) is 2.40. The van der Waals surface area contributed by atoms with Crippen LogP contribution >= 0.6 is 0 Å². The van der Waals surface area contributed by atoms with Gasteiger partial charge in [0.05, 0.1) is 6.04 Å². The molecule has 3 N–H and O–H groups in total. The molecule has 0 spiro atoms. The lowest BCUT2D eigenvalue weighted by molar-refractivity contribution is -0.123. The summed E-state index contributed by atoms with van der Waals surface area (Å²) >= 11 is 0. The van der Waals surface area contributed by atoms with Gasteiger partial charge in [0.2, 0.25) is 11.8 Å². The van der Waals surface area contributed by atoms with Crippen molar-refractivity contribution in [3.8, 4) is 0 Å². The van der Waals surface area contributed by atoms with E-state index in [0.29, 0.717) is 5.92 Å². The Bertz CT molecular complexity index is 273. The molecule has 1 aliphatic rings. The third-order valence-electron chi connectivity index (χ3n) is 3.44. The van der Waals surface area contributed by atoms with Crippen LogP contribution in [0, 0.1) is 5.92 Å². The van der Waals surface area contributed by atoms with E-state index in [9.17, 15) is 9.59 Å². The van der Waals surface area contributed by atoms with Crippen LogP contribution in [0.5, 0.6) is 0 Å². The lowest BCUT2D eigenvalue weighted by Crippen LogP contribution is -2.48. The number of hydrogen-bond donors (Lipinski definition) is 2. The number of likely N-dealkylation sites (tertiary alicyclic amines) is 1. The number of amides is 2. The average Bonchev–Trinajstić information content (AvgIpc) is 2.28. The molecule has 0 bridgehead atoms. The minimum atomic E-state index is -0.229. The van der Waals surface area contributed by atoms with Gasteiger partial charge >= 0.3 is 0 Å². The minimum Gasteiger partial charge on any atom is -0.368 e. The van der Waals surface area contributed by atoms with Gasteiger partial charge < -0.3 is 11.1 Å². The zero-order valence-electron chi connectivity index (χ0n) is 10.7. The summed E-state index contributed by atoms with van der Waals surface area (Å²) in [4.78, 5) is 24.2. The molecule has 1 heterocycles. The Morgan fingerprint density at radius 1 is 1.41 bits per heavy atom. The lowest BCUT2D eigenvalue weighted by atomic mass is 9.95. The summed E-state index contributed by atoms with van der Waals surface area (Å²) in [6.07, 6.45) is 2.81. The fraction of sp³-hybridized carbons (Fsp3) is 0.833. The largest absolute Gasteiger partial charge is 0.368 e. The Balaban J connectivity index is 2.34. The second kappa shape index (κ2) is 6.59. The van der Waals surface area contributed by atoms with Gasteiger partial charge in [0.15, 0.2) is 0 Å². The average molecular weight is 241 g/mol. The molecule has 5 heteroatoms. The van der Waals surface area contributed by atoms with E-state index < -0.39 is 0 Å². The van der Waals surface area contributed by atoms with Gasteiger partial charge in [-0.3, -0.25) is 14.5 Å². The second-order valence-corrected chi connectivity index (χ2v) is 4.74. The molecule has 1 saturated heterocycles. The molecule has 0 aromatic carbocycles. The second-order valence-electron chi connectivity index (χ2n) is 4.74. The van der Waals surface area contributed by atoms with Gasteiger partial charge in [-0.25, -0.2) is 0 Å². The Morgan fingerprint density at radius 2 is 2.00 bits per heavy atom. The molecule has 98 valence electrons. The molecule has 1 atom stereocenters. The Morgan fingerprint density at radius 3 is 2.41 bits per heavy atom. The van der Waals surface area contributed by atoms with Gasteiger partial charge in [-0.05, 0) is 38.3 Å². The van der Waals surface area contributed by atoms with Crippen molar-refractivity contribution in [2.24, 2.45) is 11.7 Å². The molecule has 17 heavy (non-hydrogen) atoms. The van der Waals surface area contributed by atoms with Crippen LogP contribution in [0.25, 0.3) is 0 Å². The number of hydrogen-bond acceptors (Lipinski definition) is 3. The van der Waals surface area contributed by atoms with E-state index in [-0.39, 0.29) is 17.9 Å². The SMILES string of the molecule is CCC(C(N)=O)N1CCC(CNC(C)=O)CC1. The number of primary amides is 1. The summed E-state index contributed by atoms with van der Waals surface area (Å²) in [6, 6.07) is -0.128. The summed E-state index contributed by atoms with van der Waals surface area (Å²) in [5, 5.41) is 2.85. The van der Waals surface area contributed by atoms with E-state index in [0.717, 1.165) is 38.9 Å². The monoisotopic (exact) mass is 241 g/mol. The molecule has 1 rings (SSSR count). The van der Waals surface area contributed by atoms with Crippen LogP contribution in [-0.2, 0) is 9.59 Å². The van der Waals surface area contributed by atoms with Crippen molar-refractivity contribution >= 4 is 11.8 Å². The maximum Gasteiger partial charge on any atom is 0.234 e. The topological polar surface area (TPSA) is 75.4 Å². The molecule has 0 radical (unpaired) electrons. The number of piperidine rings is 1. The van der Waals surface area contributed by atoms with E-state index in [1.54, 1.807) is 0 Å². The Labute approximate surface area is 103 Å². The van der Waals surface area contributed by atoms with Crippen molar-refractivity contribution in [3.63, 3.8) is 0 Å². The molecule has 0 saturated carbocycles. The zero-order valence-corrected chi connectivity index (χ0v) is 10.7. The van der Waals surface area contributed by atoms with E-state index in [2.05, 4.69) is 10.2 Å². The van der Waals surface area contributed by atoms with Crippen LogP contribution in [0.1, 0.15) is 33.1 Å². The van der Waals surface area contributed by atoms with E-state index in [1.165, 1.54) is 6.92 Å². The summed E-state index contributed by atoms with van der Waals surface area (Å²) < 4.78 is 0. The summed E-state index contributed by atoms with van der Waals surface area (Å²) in [5.74, 6) is 0.323. The first-order chi connectivity index (χ1) is 8.04. The molecule has 0 aromatic rings. The highest BCUT2D eigenvalue weighted by atomic mass is 16.2. The number of carbonyl (C=O) groups excluding carboxylic acids is 2. The molecule has 1 unspecified atom stereocenters. The molecule has 1 fully saturated rings. The van der Waals surface area contributed by atoms with E-state index >= 15 is 0 Å². The Kier molecular flexibility index (Phi) is 5.41. The molecule has 5 nitrogen and oxygen atoms in total. The number of nitrogens with two attached hydrogens (primary N) is 1. The van der Waals surface area contributed by atoms with Gasteiger partial charge in [0, 0.05) is 13.5 Å². The van der Waals surface area contributed by atoms with Gasteiger partial charge in [-0.15, -0.1) is 0 Å². The maximum absolute atomic E-state index is 11.2. The van der Waals surface area contributed by atoms with Crippen molar-refractivity contribution in [2.75, 3.05) is 19.6 Å². The zero-order chi connectivity index (χ0) is 12.8. The lowest BCUT2D eigenvalue weighted by Gasteiger charge is -2.35. The van der Waals surface area contributed by atoms with Crippen LogP contribution in [0.4, 0.5) is 0 Å². The summed E-state index contributed by atoms with van der Waals surface area (Å²) in [5.41, 5.74) is 5.37. The highest BCUT2D eigenvalue weighted by Crippen LogP contribution is 2.19. The first-order valence-corrected chi connectivity index (χ1v) is 6.32. The fourth-order valence-corrected chi connectivity index (χ4v) is 2.40. The Hall–Kier alpha value is -1.10. The maximum atomic E-state index is 11.2. The predicted octanol–water partition coefficient (Wildman–Crippen LogP) is 0.0984. The van der Waals surface area contributed by atoms with E-state index in [1.807, 2.05) is 6.92 Å². The number of nitrogens with one attached hydrogen (secondary N) is 1. The van der Waals surface area contributed by atoms with Gasteiger partial charge in [-0.2, -0.15) is 0 Å². The third kappa shape index (κ3) is 4.34. The first-order valence-electron chi connectivity index (χ1n) is 6.32. The third-order valence-corrected chi connectivity index (χ3v) is 3.44. The van der Waals surface area contributed by atoms with Crippen LogP contribution in [0.15, 0.2) is 0 Å². The summed E-state index contributed by atoms with van der Waals surface area (Å²) in [7, 11) is 0. The van der Waals surface area contributed by atoms with Gasteiger partial charge in [0.25, 0.3) is 0 Å². The van der Waals surface area contributed by atoms with E-state index in [4.69, 9.17) is 5.73 Å². The first kappa shape index (κ1) is 14.0. The van der Waals surface area contributed by atoms with Crippen LogP contribution in [-0.4, -0.2) is 42.4 Å². The molecular formula is C12H23N3O2. The number of nitrogens with zero attached hydrogens (tertiary/aromatic N) is 1. The van der Waals surface area contributed by atoms with Crippen molar-refractivity contribution in [2.45, 2.75) is 39.2 Å². The number of carbonyl (C=O) groups is 2. The smallest absolute Gasteiger partial charge is 0.234 e. The van der Waals surface area contributed by atoms with Crippen molar-refractivity contribution in [1.82, 2.24) is 10.2 Å². The van der Waals surface area contributed by atoms with Crippen molar-refractivity contribution in [1.29, 1.82) is 0 Å². The van der Waals surface area contributed by atoms with Gasteiger partial charge in [0.1, 0.15) is 0 Å². The summed E-state index contributed by atoms with van der Waals surface area (Å²) in [6.45, 7) is 6.06. The predicted molar refractivity (Wildman–Crippen MR) is 66.3 cm³/mol. The van der Waals surface area contributed by atoms with Gasteiger partial charge in [-0.1, -0.05) is 6.92 Å². The van der Waals surface area contributed by atoms with Crippen molar-refractivity contribution in [3.05, 3.63) is 0 Å². The standard InChI is InChI=1S/C12H23N3O2/c1-3-11(12(13)17)15-6-4-10(5-7-15)8-14-9(2)16/h10-11H,3-8H2,1-2H3,(H2,13,17)(H,14,16). The molecule has 2 amide bonds. The molecule has 1 aliphatic heterocycles. The molecule has 0 aromatic heterocycles. The normalized spacial score (nSPS) is 19.9. The minimum absolute atomic E-state index is 0.0241. The molecule has 0 aliphatic carbocycles. The highest BCUT2D eigenvalue weighted by Gasteiger charge is 2.26. The van der Waals surface area contributed by atoms with Crippen LogP contribution in [0.3, 0.4) is 0 Å².